The molecular formula is C13H12ClN3O2S2. The Morgan fingerprint density at radius 3 is 2.76 bits per heavy atom. The van der Waals surface area contributed by atoms with Crippen LogP contribution in [-0.4, -0.2) is 30.7 Å². The third-order valence-electron chi connectivity index (χ3n) is 3.17. The summed E-state index contributed by atoms with van der Waals surface area (Å²) in [5.74, 6) is 0.484. The molecule has 2 heterocycles. The third kappa shape index (κ3) is 2.68. The summed E-state index contributed by atoms with van der Waals surface area (Å²) < 4.78 is 28.6. The molecule has 110 valence electrons. The highest BCUT2D eigenvalue weighted by molar-refractivity contribution is 7.90. The summed E-state index contributed by atoms with van der Waals surface area (Å²) in [5, 5.41) is 0. The summed E-state index contributed by atoms with van der Waals surface area (Å²) >= 11 is 7.22. The van der Waals surface area contributed by atoms with Gasteiger partial charge in [-0.2, -0.15) is 8.42 Å². The maximum atomic E-state index is 12.1. The van der Waals surface area contributed by atoms with E-state index in [1.807, 2.05) is 17.9 Å². The van der Waals surface area contributed by atoms with Crippen molar-refractivity contribution in [2.24, 2.45) is 4.40 Å². The number of benzene rings is 1. The molecule has 0 radical (unpaired) electrons. The molecule has 8 heteroatoms. The molecule has 1 aromatic heterocycles. The van der Waals surface area contributed by atoms with Crippen LogP contribution < -0.4 is 0 Å². The summed E-state index contributed by atoms with van der Waals surface area (Å²) in [7, 11) is -3.59. The topological polar surface area (TPSA) is 62.6 Å². The second-order valence-electron chi connectivity index (χ2n) is 4.48. The standard InChI is InChI=1S/C13H12ClN3O2S2/c1-2-17(8-9-7-15-13(14)20-9)12-10-5-3-4-6-11(10)21(18,19)16-12/h3-7H,2,8H2,1H3. The van der Waals surface area contributed by atoms with Gasteiger partial charge in [0.25, 0.3) is 10.0 Å². The quantitative estimate of drug-likeness (QED) is 0.861. The monoisotopic (exact) mass is 341 g/mol. The van der Waals surface area contributed by atoms with Gasteiger partial charge in [0.1, 0.15) is 4.90 Å². The fourth-order valence-electron chi connectivity index (χ4n) is 2.20. The molecule has 1 aliphatic rings. The van der Waals surface area contributed by atoms with Crippen molar-refractivity contribution in [2.75, 3.05) is 6.54 Å². The highest BCUT2D eigenvalue weighted by Gasteiger charge is 2.31. The molecule has 0 aliphatic carbocycles. The smallest absolute Gasteiger partial charge is 0.285 e. The van der Waals surface area contributed by atoms with Crippen LogP contribution in [0.4, 0.5) is 0 Å². The summed E-state index contributed by atoms with van der Waals surface area (Å²) in [4.78, 5) is 7.14. The van der Waals surface area contributed by atoms with Gasteiger partial charge in [-0.15, -0.1) is 15.7 Å². The minimum absolute atomic E-state index is 0.265. The number of aromatic nitrogens is 1. The zero-order chi connectivity index (χ0) is 15.0. The van der Waals surface area contributed by atoms with E-state index in [-0.39, 0.29) is 4.90 Å². The molecule has 0 bridgehead atoms. The van der Waals surface area contributed by atoms with Crippen molar-refractivity contribution < 1.29 is 8.42 Å². The molecule has 0 saturated heterocycles. The van der Waals surface area contributed by atoms with E-state index in [9.17, 15) is 8.42 Å². The van der Waals surface area contributed by atoms with Crippen LogP contribution in [0.25, 0.3) is 0 Å². The van der Waals surface area contributed by atoms with Gasteiger partial charge in [0, 0.05) is 23.2 Å². The zero-order valence-corrected chi connectivity index (χ0v) is 13.5. The summed E-state index contributed by atoms with van der Waals surface area (Å²) in [6, 6.07) is 6.88. The number of nitrogens with zero attached hydrogens (tertiary/aromatic N) is 3. The number of sulfonamides is 1. The van der Waals surface area contributed by atoms with Gasteiger partial charge in [0.05, 0.1) is 6.54 Å². The SMILES string of the molecule is CCN(Cc1cnc(Cl)s1)C1=NS(=O)(=O)c2ccccc21. The van der Waals surface area contributed by atoms with Gasteiger partial charge in [0.2, 0.25) is 0 Å². The maximum Gasteiger partial charge on any atom is 0.285 e. The fourth-order valence-corrected chi connectivity index (χ4v) is 4.42. The van der Waals surface area contributed by atoms with Gasteiger partial charge in [-0.05, 0) is 19.1 Å². The van der Waals surface area contributed by atoms with Gasteiger partial charge in [0.15, 0.2) is 10.3 Å². The first-order valence-corrected chi connectivity index (χ1v) is 8.94. The van der Waals surface area contributed by atoms with Gasteiger partial charge in [-0.25, -0.2) is 4.98 Å². The average molecular weight is 342 g/mol. The molecule has 0 saturated carbocycles. The molecule has 0 spiro atoms. The van der Waals surface area contributed by atoms with Crippen LogP contribution in [-0.2, 0) is 16.6 Å². The van der Waals surface area contributed by atoms with E-state index in [0.717, 1.165) is 4.88 Å². The molecule has 3 rings (SSSR count). The number of hydrogen-bond acceptors (Lipinski definition) is 5. The number of hydrogen-bond donors (Lipinski definition) is 0. The molecule has 0 amide bonds. The fraction of sp³-hybridized carbons (Fsp3) is 0.231. The van der Waals surface area contributed by atoms with E-state index in [0.29, 0.717) is 29.0 Å². The number of fused-ring (bicyclic) bond motifs is 1. The van der Waals surface area contributed by atoms with Gasteiger partial charge in [-0.3, -0.25) is 0 Å². The van der Waals surface area contributed by atoms with Crippen LogP contribution in [0.15, 0.2) is 39.8 Å². The van der Waals surface area contributed by atoms with E-state index < -0.39 is 10.0 Å². The molecular weight excluding hydrogens is 330 g/mol. The zero-order valence-electron chi connectivity index (χ0n) is 11.2. The normalized spacial score (nSPS) is 15.6. The molecule has 1 aliphatic heterocycles. The molecule has 0 atom stereocenters. The van der Waals surface area contributed by atoms with Crippen LogP contribution in [0, 0.1) is 0 Å². The van der Waals surface area contributed by atoms with Crippen LogP contribution in [0.3, 0.4) is 0 Å². The molecule has 0 fully saturated rings. The lowest BCUT2D eigenvalue weighted by atomic mass is 10.2. The third-order valence-corrected chi connectivity index (χ3v) is 5.59. The molecule has 2 aromatic rings. The van der Waals surface area contributed by atoms with Crippen molar-refractivity contribution in [3.05, 3.63) is 45.4 Å². The second-order valence-corrected chi connectivity index (χ2v) is 7.75. The van der Waals surface area contributed by atoms with E-state index in [4.69, 9.17) is 11.6 Å². The molecule has 5 nitrogen and oxygen atoms in total. The Kier molecular flexibility index (Phi) is 3.73. The first-order valence-electron chi connectivity index (χ1n) is 6.31. The summed E-state index contributed by atoms with van der Waals surface area (Å²) in [6.07, 6.45) is 1.70. The average Bonchev–Trinajstić information content (AvgIpc) is 2.98. The predicted molar refractivity (Wildman–Crippen MR) is 83.4 cm³/mol. The molecule has 0 N–H and O–H groups in total. The lowest BCUT2D eigenvalue weighted by Gasteiger charge is -2.21. The summed E-state index contributed by atoms with van der Waals surface area (Å²) in [5.41, 5.74) is 0.648. The van der Waals surface area contributed by atoms with Crippen molar-refractivity contribution in [3.8, 4) is 0 Å². The van der Waals surface area contributed by atoms with E-state index in [1.165, 1.54) is 11.3 Å². The van der Waals surface area contributed by atoms with Gasteiger partial charge < -0.3 is 4.90 Å². The lowest BCUT2D eigenvalue weighted by molar-refractivity contribution is 0.441. The lowest BCUT2D eigenvalue weighted by Crippen LogP contribution is -2.29. The Bertz CT molecular complexity index is 814. The Morgan fingerprint density at radius 1 is 1.33 bits per heavy atom. The van der Waals surface area contributed by atoms with E-state index >= 15 is 0 Å². The Hall–Kier alpha value is -1.44. The number of thiazole rings is 1. The van der Waals surface area contributed by atoms with Crippen LogP contribution >= 0.6 is 22.9 Å². The van der Waals surface area contributed by atoms with Crippen LogP contribution in [0.5, 0.6) is 0 Å². The second kappa shape index (κ2) is 5.40. The number of rotatable bonds is 3. The minimum atomic E-state index is -3.59. The Morgan fingerprint density at radius 2 is 2.10 bits per heavy atom. The van der Waals surface area contributed by atoms with Gasteiger partial charge in [-0.1, -0.05) is 23.7 Å². The van der Waals surface area contributed by atoms with E-state index in [2.05, 4.69) is 9.38 Å². The molecule has 21 heavy (non-hydrogen) atoms. The van der Waals surface area contributed by atoms with E-state index in [1.54, 1.807) is 24.4 Å². The van der Waals surface area contributed by atoms with Gasteiger partial charge >= 0.3 is 0 Å². The first kappa shape index (κ1) is 14.5. The number of halogens is 1. The van der Waals surface area contributed by atoms with Crippen molar-refractivity contribution in [1.29, 1.82) is 0 Å². The van der Waals surface area contributed by atoms with Crippen molar-refractivity contribution in [2.45, 2.75) is 18.4 Å². The first-order chi connectivity index (χ1) is 10.0. The maximum absolute atomic E-state index is 12.1. The van der Waals surface area contributed by atoms with Crippen molar-refractivity contribution >= 4 is 38.8 Å². The molecule has 1 aromatic carbocycles. The Balaban J connectivity index is 1.99. The highest BCUT2D eigenvalue weighted by atomic mass is 35.5. The summed E-state index contributed by atoms with van der Waals surface area (Å²) in [6.45, 7) is 3.13. The van der Waals surface area contributed by atoms with Crippen LogP contribution in [0.1, 0.15) is 17.4 Å². The van der Waals surface area contributed by atoms with Crippen LogP contribution in [0.2, 0.25) is 4.47 Å². The minimum Gasteiger partial charge on any atom is -0.350 e. The molecule has 0 unspecified atom stereocenters. The van der Waals surface area contributed by atoms with Crippen molar-refractivity contribution in [3.63, 3.8) is 0 Å². The number of amidine groups is 1. The predicted octanol–water partition coefficient (Wildman–Crippen LogP) is 2.77. The Labute approximate surface area is 132 Å². The largest absolute Gasteiger partial charge is 0.350 e. The van der Waals surface area contributed by atoms with Crippen molar-refractivity contribution in [1.82, 2.24) is 9.88 Å². The highest BCUT2D eigenvalue weighted by Crippen LogP contribution is 2.28.